The van der Waals surface area contributed by atoms with Crippen molar-refractivity contribution in [1.29, 1.82) is 0 Å². The highest BCUT2D eigenvalue weighted by atomic mass is 32.2. The second-order valence-corrected chi connectivity index (χ2v) is 6.86. The number of anilines is 1. The van der Waals surface area contributed by atoms with Gasteiger partial charge in [-0.15, -0.1) is 0 Å². The van der Waals surface area contributed by atoms with E-state index >= 15 is 0 Å². The van der Waals surface area contributed by atoms with Gasteiger partial charge < -0.3 is 15.2 Å². The number of nitrogens with one attached hydrogen (secondary N) is 2. The van der Waals surface area contributed by atoms with Crippen molar-refractivity contribution in [1.82, 2.24) is 4.72 Å². The summed E-state index contributed by atoms with van der Waals surface area (Å²) in [4.78, 5) is 10.4. The Balaban J connectivity index is 2.26. The third-order valence-electron chi connectivity index (χ3n) is 2.77. The van der Waals surface area contributed by atoms with Gasteiger partial charge in [0.2, 0.25) is 10.0 Å². The first kappa shape index (κ1) is 14.6. The highest BCUT2D eigenvalue weighted by molar-refractivity contribution is 7.89. The topological polar surface area (TPSA) is 105 Å². The molecule has 1 heterocycles. The molecule has 3 N–H and O–H groups in total. The Hall–Kier alpha value is -1.80. The van der Waals surface area contributed by atoms with Gasteiger partial charge in [-0.3, -0.25) is 4.79 Å². The van der Waals surface area contributed by atoms with Crippen molar-refractivity contribution in [2.24, 2.45) is 0 Å². The van der Waals surface area contributed by atoms with Crippen LogP contribution in [0.3, 0.4) is 0 Å². The summed E-state index contributed by atoms with van der Waals surface area (Å²) >= 11 is 0. The van der Waals surface area contributed by atoms with Crippen molar-refractivity contribution in [3.8, 4) is 5.75 Å². The summed E-state index contributed by atoms with van der Waals surface area (Å²) in [6, 6.07) is 4.36. The van der Waals surface area contributed by atoms with Gasteiger partial charge >= 0.3 is 5.97 Å². The number of carboxylic acid groups (broad SMARTS) is 1. The van der Waals surface area contributed by atoms with Crippen LogP contribution < -0.4 is 14.8 Å². The molecule has 0 radical (unpaired) electrons. The lowest BCUT2D eigenvalue weighted by Gasteiger charge is -2.33. The van der Waals surface area contributed by atoms with Crippen LogP contribution in [0, 0.1) is 0 Å². The van der Waals surface area contributed by atoms with E-state index in [9.17, 15) is 13.2 Å². The van der Waals surface area contributed by atoms with Gasteiger partial charge in [0, 0.05) is 0 Å². The quantitative estimate of drug-likeness (QED) is 0.753. The summed E-state index contributed by atoms with van der Waals surface area (Å²) in [5, 5.41) is 11.6. The maximum absolute atomic E-state index is 11.9. The van der Waals surface area contributed by atoms with Gasteiger partial charge in [-0.25, -0.2) is 8.42 Å². The Bertz CT molecular complexity index is 639. The lowest BCUT2D eigenvalue weighted by atomic mass is 10.1. The molecule has 7 nitrogen and oxygen atoms in total. The Morgan fingerprint density at radius 1 is 1.50 bits per heavy atom. The van der Waals surface area contributed by atoms with E-state index in [-0.39, 0.29) is 10.5 Å². The minimum atomic E-state index is -3.84. The van der Waals surface area contributed by atoms with Gasteiger partial charge in [-0.05, 0) is 32.0 Å². The van der Waals surface area contributed by atoms with E-state index in [1.807, 2.05) is 18.6 Å². The second kappa shape index (κ2) is 4.95. The molecule has 20 heavy (non-hydrogen) atoms. The lowest BCUT2D eigenvalue weighted by molar-refractivity contribution is -0.135. The fraction of sp³-hybridized carbons (Fsp3) is 0.417. The molecule has 1 aliphatic heterocycles. The highest BCUT2D eigenvalue weighted by Gasteiger charge is 2.27. The standard InChI is InChI=1S/C12H16N2O5S/c1-12(2)7-13-9-5-8(3-4-10(9)19-12)20(17,18)14-6-11(15)16/h3-5,13-14H,6-7H2,1-2H3,(H,15,16). The van der Waals surface area contributed by atoms with Gasteiger partial charge in [0.15, 0.2) is 0 Å². The van der Waals surface area contributed by atoms with Crippen molar-refractivity contribution in [3.05, 3.63) is 18.2 Å². The third kappa shape index (κ3) is 3.20. The Morgan fingerprint density at radius 2 is 2.20 bits per heavy atom. The summed E-state index contributed by atoms with van der Waals surface area (Å²) in [7, 11) is -3.84. The second-order valence-electron chi connectivity index (χ2n) is 5.09. The number of fused-ring (bicyclic) bond motifs is 1. The molecule has 1 aromatic carbocycles. The van der Waals surface area contributed by atoms with E-state index in [1.54, 1.807) is 6.07 Å². The van der Waals surface area contributed by atoms with Crippen LogP contribution in [0.2, 0.25) is 0 Å². The molecule has 0 fully saturated rings. The van der Waals surface area contributed by atoms with Crippen LogP contribution in [0.15, 0.2) is 23.1 Å². The molecule has 0 amide bonds. The van der Waals surface area contributed by atoms with E-state index in [0.29, 0.717) is 18.0 Å². The van der Waals surface area contributed by atoms with Crippen molar-refractivity contribution < 1.29 is 23.1 Å². The zero-order valence-corrected chi connectivity index (χ0v) is 12.0. The zero-order chi connectivity index (χ0) is 15.0. The molecule has 8 heteroatoms. The fourth-order valence-corrected chi connectivity index (χ4v) is 2.79. The Morgan fingerprint density at radius 3 is 2.85 bits per heavy atom. The normalized spacial score (nSPS) is 16.7. The van der Waals surface area contributed by atoms with Crippen LogP contribution in [-0.2, 0) is 14.8 Å². The molecule has 0 aromatic heterocycles. The van der Waals surface area contributed by atoms with Crippen molar-refractivity contribution in [3.63, 3.8) is 0 Å². The molecule has 110 valence electrons. The van der Waals surface area contributed by atoms with Gasteiger partial charge in [-0.2, -0.15) is 4.72 Å². The molecule has 0 spiro atoms. The Kier molecular flexibility index (Phi) is 3.61. The Labute approximate surface area is 117 Å². The molecule has 0 saturated heterocycles. The van der Waals surface area contributed by atoms with Gasteiger partial charge in [0.1, 0.15) is 17.9 Å². The minimum absolute atomic E-state index is 0.00620. The molecule has 0 saturated carbocycles. The average molecular weight is 300 g/mol. The summed E-state index contributed by atoms with van der Waals surface area (Å²) in [5.74, 6) is -0.673. The molecule has 0 bridgehead atoms. The van der Waals surface area contributed by atoms with E-state index in [0.717, 1.165) is 0 Å². The van der Waals surface area contributed by atoms with E-state index < -0.39 is 22.5 Å². The molecular formula is C12H16N2O5S. The van der Waals surface area contributed by atoms with E-state index in [2.05, 4.69) is 5.32 Å². The van der Waals surface area contributed by atoms with Gasteiger partial charge in [0.25, 0.3) is 0 Å². The van der Waals surface area contributed by atoms with Crippen molar-refractivity contribution in [2.75, 3.05) is 18.4 Å². The van der Waals surface area contributed by atoms with Crippen LogP contribution in [0.1, 0.15) is 13.8 Å². The summed E-state index contributed by atoms with van der Waals surface area (Å²) < 4.78 is 31.5. The minimum Gasteiger partial charge on any atom is -0.484 e. The summed E-state index contributed by atoms with van der Waals surface area (Å²) in [6.07, 6.45) is 0. The molecule has 0 atom stereocenters. The van der Waals surface area contributed by atoms with Crippen LogP contribution in [-0.4, -0.2) is 38.2 Å². The maximum atomic E-state index is 11.9. The van der Waals surface area contributed by atoms with Crippen LogP contribution in [0.25, 0.3) is 0 Å². The molecule has 1 aliphatic rings. The number of carboxylic acids is 1. The zero-order valence-electron chi connectivity index (χ0n) is 11.1. The van der Waals surface area contributed by atoms with Gasteiger partial charge in [-0.1, -0.05) is 0 Å². The highest BCUT2D eigenvalue weighted by Crippen LogP contribution is 2.34. The number of sulfonamides is 1. The number of ether oxygens (including phenoxy) is 1. The first-order chi connectivity index (χ1) is 9.20. The van der Waals surface area contributed by atoms with E-state index in [1.165, 1.54) is 12.1 Å². The number of aliphatic carboxylic acids is 1. The van der Waals surface area contributed by atoms with Gasteiger partial charge in [0.05, 0.1) is 17.1 Å². The molecular weight excluding hydrogens is 284 g/mol. The molecule has 0 unspecified atom stereocenters. The van der Waals surface area contributed by atoms with Crippen LogP contribution >= 0.6 is 0 Å². The molecule has 0 aliphatic carbocycles. The third-order valence-corrected chi connectivity index (χ3v) is 4.16. The van der Waals surface area contributed by atoms with Crippen LogP contribution in [0.5, 0.6) is 5.75 Å². The van der Waals surface area contributed by atoms with E-state index in [4.69, 9.17) is 9.84 Å². The predicted molar refractivity (Wildman–Crippen MR) is 72.5 cm³/mol. The van der Waals surface area contributed by atoms with Crippen molar-refractivity contribution >= 4 is 21.7 Å². The predicted octanol–water partition coefficient (Wildman–Crippen LogP) is 0.632. The summed E-state index contributed by atoms with van der Waals surface area (Å²) in [6.45, 7) is 3.73. The summed E-state index contributed by atoms with van der Waals surface area (Å²) in [5.41, 5.74) is 0.206. The number of carbonyl (C=O) groups is 1. The average Bonchev–Trinajstić information content (AvgIpc) is 2.35. The number of hydrogen-bond acceptors (Lipinski definition) is 5. The number of benzene rings is 1. The SMILES string of the molecule is CC1(C)CNc2cc(S(=O)(=O)NCC(=O)O)ccc2O1. The maximum Gasteiger partial charge on any atom is 0.318 e. The first-order valence-electron chi connectivity index (χ1n) is 5.98. The smallest absolute Gasteiger partial charge is 0.318 e. The first-order valence-corrected chi connectivity index (χ1v) is 7.46. The number of rotatable bonds is 4. The van der Waals surface area contributed by atoms with Crippen LogP contribution in [0.4, 0.5) is 5.69 Å². The van der Waals surface area contributed by atoms with Crippen molar-refractivity contribution in [2.45, 2.75) is 24.3 Å². The number of hydrogen-bond donors (Lipinski definition) is 3. The molecule has 1 aromatic rings. The monoisotopic (exact) mass is 300 g/mol. The lowest BCUT2D eigenvalue weighted by Crippen LogP contribution is -2.40. The largest absolute Gasteiger partial charge is 0.484 e. The fourth-order valence-electron chi connectivity index (χ4n) is 1.79. The molecule has 2 rings (SSSR count).